The highest BCUT2D eigenvalue weighted by Gasteiger charge is 2.10. The Morgan fingerprint density at radius 3 is 2.89 bits per heavy atom. The van der Waals surface area contributed by atoms with Crippen molar-refractivity contribution in [2.24, 2.45) is 0 Å². The van der Waals surface area contributed by atoms with Crippen LogP contribution in [0.25, 0.3) is 11.5 Å². The highest BCUT2D eigenvalue weighted by atomic mass is 16.5. The maximum Gasteiger partial charge on any atom is 0.309 e. The van der Waals surface area contributed by atoms with E-state index < -0.39 is 5.97 Å². The van der Waals surface area contributed by atoms with Crippen molar-refractivity contribution in [2.45, 2.75) is 13.3 Å². The maximum atomic E-state index is 10.6. The molecule has 0 saturated carbocycles. The molecular formula is C13H13NO4. The van der Waals surface area contributed by atoms with Gasteiger partial charge in [-0.15, -0.1) is 0 Å². The minimum Gasteiger partial charge on any atom is -0.496 e. The summed E-state index contributed by atoms with van der Waals surface area (Å²) in [6.45, 7) is 1.92. The van der Waals surface area contributed by atoms with Crippen molar-refractivity contribution in [3.8, 4) is 17.2 Å². The molecule has 2 aromatic rings. The van der Waals surface area contributed by atoms with Gasteiger partial charge in [-0.2, -0.15) is 0 Å². The smallest absolute Gasteiger partial charge is 0.309 e. The lowest BCUT2D eigenvalue weighted by Gasteiger charge is -2.04. The molecule has 18 heavy (non-hydrogen) atoms. The quantitative estimate of drug-likeness (QED) is 0.897. The average Bonchev–Trinajstić information content (AvgIpc) is 2.76. The zero-order chi connectivity index (χ0) is 13.1. The second-order valence-electron chi connectivity index (χ2n) is 3.90. The number of benzene rings is 1. The summed E-state index contributed by atoms with van der Waals surface area (Å²) in [5.74, 6) is 0.272. The molecule has 0 fully saturated rings. The van der Waals surface area contributed by atoms with Crippen molar-refractivity contribution in [1.29, 1.82) is 0 Å². The van der Waals surface area contributed by atoms with Gasteiger partial charge in [0.15, 0.2) is 0 Å². The number of methoxy groups -OCH3 is 1. The summed E-state index contributed by atoms with van der Waals surface area (Å²) in [6.07, 6.45) is 1.22. The topological polar surface area (TPSA) is 72.6 Å². The van der Waals surface area contributed by atoms with E-state index in [-0.39, 0.29) is 6.42 Å². The van der Waals surface area contributed by atoms with Crippen LogP contribution >= 0.6 is 0 Å². The van der Waals surface area contributed by atoms with Crippen molar-refractivity contribution in [2.75, 3.05) is 7.11 Å². The largest absolute Gasteiger partial charge is 0.496 e. The zero-order valence-electron chi connectivity index (χ0n) is 10.1. The molecule has 0 saturated heterocycles. The SMILES string of the molecule is COc1ccc(-c2nc(CC(=O)O)co2)cc1C. The molecule has 0 radical (unpaired) electrons. The molecule has 5 heteroatoms. The summed E-state index contributed by atoms with van der Waals surface area (Å²) in [5.41, 5.74) is 2.17. The number of nitrogens with zero attached hydrogens (tertiary/aromatic N) is 1. The van der Waals surface area contributed by atoms with Crippen molar-refractivity contribution >= 4 is 5.97 Å². The first-order valence-corrected chi connectivity index (χ1v) is 5.41. The van der Waals surface area contributed by atoms with E-state index in [1.807, 2.05) is 25.1 Å². The van der Waals surface area contributed by atoms with Crippen LogP contribution in [-0.4, -0.2) is 23.2 Å². The number of aryl methyl sites for hydroxylation is 1. The number of aromatic nitrogens is 1. The van der Waals surface area contributed by atoms with Gasteiger partial charge in [0.2, 0.25) is 5.89 Å². The van der Waals surface area contributed by atoms with Gasteiger partial charge < -0.3 is 14.3 Å². The van der Waals surface area contributed by atoms with E-state index in [1.54, 1.807) is 7.11 Å². The molecule has 0 bridgehead atoms. The molecule has 0 aliphatic carbocycles. The number of hydrogen-bond acceptors (Lipinski definition) is 4. The van der Waals surface area contributed by atoms with Gasteiger partial charge in [-0.05, 0) is 30.7 Å². The summed E-state index contributed by atoms with van der Waals surface area (Å²) >= 11 is 0. The number of oxazole rings is 1. The van der Waals surface area contributed by atoms with Gasteiger partial charge in [0.05, 0.1) is 19.2 Å². The molecule has 5 nitrogen and oxygen atoms in total. The first kappa shape index (κ1) is 12.2. The van der Waals surface area contributed by atoms with Gasteiger partial charge >= 0.3 is 5.97 Å². The van der Waals surface area contributed by atoms with Crippen molar-refractivity contribution < 1.29 is 19.1 Å². The Hall–Kier alpha value is -2.30. The number of hydrogen-bond donors (Lipinski definition) is 1. The van der Waals surface area contributed by atoms with E-state index >= 15 is 0 Å². The summed E-state index contributed by atoms with van der Waals surface area (Å²) in [4.78, 5) is 14.7. The summed E-state index contributed by atoms with van der Waals surface area (Å²) in [6, 6.07) is 5.53. The minimum absolute atomic E-state index is 0.140. The fourth-order valence-electron chi connectivity index (χ4n) is 1.69. The zero-order valence-corrected chi connectivity index (χ0v) is 10.1. The van der Waals surface area contributed by atoms with Gasteiger partial charge in [-0.25, -0.2) is 4.98 Å². The molecule has 1 heterocycles. The van der Waals surface area contributed by atoms with E-state index in [2.05, 4.69) is 4.98 Å². The highest BCUT2D eigenvalue weighted by Crippen LogP contribution is 2.25. The van der Waals surface area contributed by atoms with Crippen LogP contribution in [0.15, 0.2) is 28.9 Å². The van der Waals surface area contributed by atoms with Crippen LogP contribution in [0, 0.1) is 6.92 Å². The summed E-state index contributed by atoms with van der Waals surface area (Å²) < 4.78 is 10.4. The normalized spacial score (nSPS) is 10.3. The molecule has 0 aliphatic heterocycles. The second kappa shape index (κ2) is 4.91. The van der Waals surface area contributed by atoms with Crippen LogP contribution in [0.3, 0.4) is 0 Å². The predicted molar refractivity (Wildman–Crippen MR) is 64.6 cm³/mol. The molecular weight excluding hydrogens is 234 g/mol. The Morgan fingerprint density at radius 1 is 1.50 bits per heavy atom. The van der Waals surface area contributed by atoms with Crippen LogP contribution in [0.2, 0.25) is 0 Å². The molecule has 2 rings (SSSR count). The van der Waals surface area contributed by atoms with Crippen LogP contribution in [0.5, 0.6) is 5.75 Å². The molecule has 1 aromatic heterocycles. The summed E-state index contributed by atoms with van der Waals surface area (Å²) in [7, 11) is 1.61. The fraction of sp³-hybridized carbons (Fsp3) is 0.231. The summed E-state index contributed by atoms with van der Waals surface area (Å²) in [5, 5.41) is 8.66. The Morgan fingerprint density at radius 2 is 2.28 bits per heavy atom. The third-order valence-corrected chi connectivity index (χ3v) is 2.53. The van der Waals surface area contributed by atoms with Gasteiger partial charge in [0.1, 0.15) is 12.0 Å². The lowest BCUT2D eigenvalue weighted by Crippen LogP contribution is -1.99. The lowest BCUT2D eigenvalue weighted by molar-refractivity contribution is -0.136. The van der Waals surface area contributed by atoms with Crippen LogP contribution < -0.4 is 4.74 Å². The molecule has 0 unspecified atom stereocenters. The fourth-order valence-corrected chi connectivity index (χ4v) is 1.69. The van der Waals surface area contributed by atoms with Crippen molar-refractivity contribution in [3.63, 3.8) is 0 Å². The van der Waals surface area contributed by atoms with E-state index in [0.717, 1.165) is 16.9 Å². The van der Waals surface area contributed by atoms with E-state index in [9.17, 15) is 4.79 Å². The van der Waals surface area contributed by atoms with Crippen LogP contribution in [-0.2, 0) is 11.2 Å². The Balaban J connectivity index is 2.28. The van der Waals surface area contributed by atoms with Gasteiger partial charge in [0.25, 0.3) is 0 Å². The van der Waals surface area contributed by atoms with E-state index in [1.165, 1.54) is 6.26 Å². The van der Waals surface area contributed by atoms with Gasteiger partial charge in [0, 0.05) is 5.56 Å². The van der Waals surface area contributed by atoms with Crippen LogP contribution in [0.4, 0.5) is 0 Å². The molecule has 94 valence electrons. The van der Waals surface area contributed by atoms with E-state index in [0.29, 0.717) is 11.6 Å². The number of aliphatic carboxylic acids is 1. The standard InChI is InChI=1S/C13H13NO4/c1-8-5-9(3-4-11(8)17-2)13-14-10(7-18-13)6-12(15)16/h3-5,7H,6H2,1-2H3,(H,15,16). The molecule has 1 aromatic carbocycles. The first-order chi connectivity index (χ1) is 8.60. The van der Waals surface area contributed by atoms with Crippen LogP contribution in [0.1, 0.15) is 11.3 Å². The number of carboxylic acid groups (broad SMARTS) is 1. The lowest BCUT2D eigenvalue weighted by atomic mass is 10.1. The molecule has 0 aliphatic rings. The first-order valence-electron chi connectivity index (χ1n) is 5.41. The predicted octanol–water partition coefficient (Wildman–Crippen LogP) is 2.29. The number of carbonyl (C=O) groups is 1. The third-order valence-electron chi connectivity index (χ3n) is 2.53. The number of rotatable bonds is 4. The minimum atomic E-state index is -0.930. The Kier molecular flexibility index (Phi) is 3.32. The van der Waals surface area contributed by atoms with Gasteiger partial charge in [-0.1, -0.05) is 0 Å². The Labute approximate surface area is 104 Å². The van der Waals surface area contributed by atoms with Crippen molar-refractivity contribution in [1.82, 2.24) is 4.98 Å². The molecule has 1 N–H and O–H groups in total. The monoisotopic (exact) mass is 247 g/mol. The second-order valence-corrected chi connectivity index (χ2v) is 3.90. The maximum absolute atomic E-state index is 10.6. The molecule has 0 atom stereocenters. The van der Waals surface area contributed by atoms with E-state index in [4.69, 9.17) is 14.3 Å². The molecule has 0 amide bonds. The van der Waals surface area contributed by atoms with Gasteiger partial charge in [-0.3, -0.25) is 4.79 Å². The average molecular weight is 247 g/mol. The molecule has 0 spiro atoms. The highest BCUT2D eigenvalue weighted by molar-refractivity contribution is 5.69. The third kappa shape index (κ3) is 2.51. The number of ether oxygens (including phenoxy) is 1. The Bertz CT molecular complexity index is 574. The van der Waals surface area contributed by atoms with Crippen molar-refractivity contribution in [3.05, 3.63) is 35.7 Å². The number of carboxylic acids is 1.